The van der Waals surface area contributed by atoms with Crippen molar-refractivity contribution in [1.29, 1.82) is 0 Å². The Kier molecular flexibility index (Phi) is 4.17. The lowest BCUT2D eigenvalue weighted by molar-refractivity contribution is 0.0801. The fraction of sp³-hybridized carbons (Fsp3) is 1.00. The molecule has 1 heterocycles. The molecule has 0 aromatic carbocycles. The van der Waals surface area contributed by atoms with Crippen LogP contribution in [0.1, 0.15) is 58.3 Å². The predicted molar refractivity (Wildman–Crippen MR) is 85.0 cm³/mol. The van der Waals surface area contributed by atoms with E-state index in [0.717, 1.165) is 6.04 Å². The zero-order valence-corrected chi connectivity index (χ0v) is 13.5. The molecule has 3 aliphatic rings. The maximum Gasteiger partial charge on any atom is 0.0309 e. The van der Waals surface area contributed by atoms with Crippen LogP contribution >= 0.6 is 11.8 Å². The first-order valence-electron chi connectivity index (χ1n) is 8.21. The van der Waals surface area contributed by atoms with Crippen LogP contribution < -0.4 is 5.32 Å². The number of nitrogens with one attached hydrogen (secondary N) is 1. The van der Waals surface area contributed by atoms with Crippen molar-refractivity contribution in [2.45, 2.75) is 74.6 Å². The maximum absolute atomic E-state index is 3.88. The molecular formula is C16H30N2S. The summed E-state index contributed by atoms with van der Waals surface area (Å²) in [6.45, 7) is 6.25. The Balaban J connectivity index is 1.67. The molecule has 0 aromatic heterocycles. The smallest absolute Gasteiger partial charge is 0.0309 e. The molecule has 3 heteroatoms. The fourth-order valence-corrected chi connectivity index (χ4v) is 5.50. The van der Waals surface area contributed by atoms with Crippen molar-refractivity contribution in [3.8, 4) is 0 Å². The van der Waals surface area contributed by atoms with Crippen LogP contribution in [-0.2, 0) is 0 Å². The second-order valence-electron chi connectivity index (χ2n) is 7.22. The first kappa shape index (κ1) is 14.2. The van der Waals surface area contributed by atoms with E-state index in [1.165, 1.54) is 71.0 Å². The molecule has 0 amide bonds. The van der Waals surface area contributed by atoms with E-state index in [4.69, 9.17) is 0 Å². The standard InChI is InChI=1S/C16H30N2S/c1-14-11-17-15(7-3-4-8-15)12-18(14)13-16(19-2)9-5-6-10-16/h14,17H,3-13H2,1-2H3. The molecule has 1 spiro atoms. The fourth-order valence-electron chi connectivity index (χ4n) is 4.51. The van der Waals surface area contributed by atoms with Gasteiger partial charge in [0, 0.05) is 36.0 Å². The average Bonchev–Trinajstić information content (AvgIpc) is 3.05. The third-order valence-corrected chi connectivity index (χ3v) is 7.30. The topological polar surface area (TPSA) is 15.3 Å². The predicted octanol–water partition coefficient (Wildman–Crippen LogP) is 3.27. The lowest BCUT2D eigenvalue weighted by Gasteiger charge is -2.48. The van der Waals surface area contributed by atoms with Crippen LogP contribution in [0.3, 0.4) is 0 Å². The zero-order chi connectivity index (χ0) is 13.3. The summed E-state index contributed by atoms with van der Waals surface area (Å²) in [6, 6.07) is 0.718. The summed E-state index contributed by atoms with van der Waals surface area (Å²) in [5.41, 5.74) is 0.477. The van der Waals surface area contributed by atoms with E-state index in [1.54, 1.807) is 0 Å². The van der Waals surface area contributed by atoms with E-state index in [1.807, 2.05) is 0 Å². The van der Waals surface area contributed by atoms with Gasteiger partial charge in [0.1, 0.15) is 0 Å². The Morgan fingerprint density at radius 2 is 1.74 bits per heavy atom. The molecule has 0 radical (unpaired) electrons. The van der Waals surface area contributed by atoms with Gasteiger partial charge in [0.2, 0.25) is 0 Å². The first-order valence-corrected chi connectivity index (χ1v) is 9.44. The zero-order valence-electron chi connectivity index (χ0n) is 12.7. The molecule has 2 saturated carbocycles. The second-order valence-corrected chi connectivity index (χ2v) is 8.49. The highest BCUT2D eigenvalue weighted by molar-refractivity contribution is 8.00. The molecule has 0 aromatic rings. The largest absolute Gasteiger partial charge is 0.308 e. The molecule has 19 heavy (non-hydrogen) atoms. The molecule has 1 saturated heterocycles. The molecule has 2 aliphatic carbocycles. The highest BCUT2D eigenvalue weighted by Gasteiger charge is 2.43. The normalized spacial score (nSPS) is 34.1. The van der Waals surface area contributed by atoms with Gasteiger partial charge in [-0.2, -0.15) is 11.8 Å². The summed E-state index contributed by atoms with van der Waals surface area (Å²) >= 11 is 2.14. The van der Waals surface area contributed by atoms with Crippen LogP contribution in [-0.4, -0.2) is 47.1 Å². The number of thioether (sulfide) groups is 1. The first-order chi connectivity index (χ1) is 9.17. The summed E-state index contributed by atoms with van der Waals surface area (Å²) < 4.78 is 0.575. The number of nitrogens with zero attached hydrogens (tertiary/aromatic N) is 1. The summed E-state index contributed by atoms with van der Waals surface area (Å²) in [6.07, 6.45) is 13.8. The number of piperazine rings is 1. The van der Waals surface area contributed by atoms with Gasteiger partial charge in [-0.05, 0) is 38.9 Å². The Morgan fingerprint density at radius 1 is 1.11 bits per heavy atom. The summed E-state index contributed by atoms with van der Waals surface area (Å²) in [5, 5.41) is 3.88. The summed E-state index contributed by atoms with van der Waals surface area (Å²) in [5.74, 6) is 0. The van der Waals surface area contributed by atoms with E-state index >= 15 is 0 Å². The molecular weight excluding hydrogens is 252 g/mol. The Morgan fingerprint density at radius 3 is 2.37 bits per heavy atom. The van der Waals surface area contributed by atoms with Gasteiger partial charge in [0.15, 0.2) is 0 Å². The van der Waals surface area contributed by atoms with Crippen molar-refractivity contribution in [3.63, 3.8) is 0 Å². The van der Waals surface area contributed by atoms with E-state index in [2.05, 4.69) is 35.2 Å². The van der Waals surface area contributed by atoms with Crippen LogP contribution in [0, 0.1) is 0 Å². The molecule has 2 nitrogen and oxygen atoms in total. The third kappa shape index (κ3) is 2.84. The second kappa shape index (κ2) is 5.57. The highest BCUT2D eigenvalue weighted by atomic mass is 32.2. The van der Waals surface area contributed by atoms with Gasteiger partial charge >= 0.3 is 0 Å². The average molecular weight is 282 g/mol. The minimum absolute atomic E-state index is 0.477. The quantitative estimate of drug-likeness (QED) is 0.855. The minimum Gasteiger partial charge on any atom is -0.308 e. The minimum atomic E-state index is 0.477. The number of hydrogen-bond donors (Lipinski definition) is 1. The molecule has 1 N–H and O–H groups in total. The Labute approximate surface area is 123 Å². The van der Waals surface area contributed by atoms with Crippen LogP contribution in [0.15, 0.2) is 0 Å². The summed E-state index contributed by atoms with van der Waals surface area (Å²) in [4.78, 5) is 2.82. The summed E-state index contributed by atoms with van der Waals surface area (Å²) in [7, 11) is 0. The van der Waals surface area contributed by atoms with Crippen molar-refractivity contribution in [3.05, 3.63) is 0 Å². The Bertz CT molecular complexity index is 306. The highest BCUT2D eigenvalue weighted by Crippen LogP contribution is 2.42. The van der Waals surface area contributed by atoms with Gasteiger partial charge in [-0.15, -0.1) is 0 Å². The van der Waals surface area contributed by atoms with Crippen molar-refractivity contribution >= 4 is 11.8 Å². The molecule has 1 aliphatic heterocycles. The van der Waals surface area contributed by atoms with E-state index in [-0.39, 0.29) is 0 Å². The van der Waals surface area contributed by atoms with Crippen LogP contribution in [0.5, 0.6) is 0 Å². The lowest BCUT2D eigenvalue weighted by atomic mass is 9.91. The molecule has 3 fully saturated rings. The SMILES string of the molecule is CSC1(CN2CC3(CCCC3)NCC2C)CCCC1. The van der Waals surface area contributed by atoms with Crippen LogP contribution in [0.2, 0.25) is 0 Å². The van der Waals surface area contributed by atoms with Gasteiger partial charge in [0.25, 0.3) is 0 Å². The van der Waals surface area contributed by atoms with Crippen LogP contribution in [0.25, 0.3) is 0 Å². The molecule has 110 valence electrons. The van der Waals surface area contributed by atoms with E-state index in [0.29, 0.717) is 10.3 Å². The van der Waals surface area contributed by atoms with Gasteiger partial charge in [-0.3, -0.25) is 4.90 Å². The molecule has 1 unspecified atom stereocenters. The van der Waals surface area contributed by atoms with Crippen LogP contribution in [0.4, 0.5) is 0 Å². The monoisotopic (exact) mass is 282 g/mol. The van der Waals surface area contributed by atoms with Gasteiger partial charge in [-0.25, -0.2) is 0 Å². The maximum atomic E-state index is 3.88. The molecule has 3 rings (SSSR count). The third-order valence-electron chi connectivity index (χ3n) is 5.90. The molecule has 0 bridgehead atoms. The van der Waals surface area contributed by atoms with Crippen molar-refractivity contribution < 1.29 is 0 Å². The van der Waals surface area contributed by atoms with Crippen molar-refractivity contribution in [2.24, 2.45) is 0 Å². The number of rotatable bonds is 3. The Hall–Kier alpha value is 0.270. The number of hydrogen-bond acceptors (Lipinski definition) is 3. The lowest BCUT2D eigenvalue weighted by Crippen LogP contribution is -2.64. The van der Waals surface area contributed by atoms with E-state index < -0.39 is 0 Å². The molecule has 1 atom stereocenters. The van der Waals surface area contributed by atoms with Gasteiger partial charge < -0.3 is 5.32 Å². The van der Waals surface area contributed by atoms with Gasteiger partial charge in [-0.1, -0.05) is 25.7 Å². The van der Waals surface area contributed by atoms with E-state index in [9.17, 15) is 0 Å². The van der Waals surface area contributed by atoms with Gasteiger partial charge in [0.05, 0.1) is 0 Å². The van der Waals surface area contributed by atoms with Crippen molar-refractivity contribution in [2.75, 3.05) is 25.9 Å². The van der Waals surface area contributed by atoms with Crippen molar-refractivity contribution in [1.82, 2.24) is 10.2 Å².